The summed E-state index contributed by atoms with van der Waals surface area (Å²) in [5, 5.41) is 3.35. The highest BCUT2D eigenvalue weighted by molar-refractivity contribution is 5.83. The Kier molecular flexibility index (Phi) is 6.69. The molecule has 0 radical (unpaired) electrons. The Bertz CT molecular complexity index is 253. The Labute approximate surface area is 112 Å². The first kappa shape index (κ1) is 15.5. The van der Waals surface area contributed by atoms with Crippen LogP contribution in [0.25, 0.3) is 0 Å². The van der Waals surface area contributed by atoms with Crippen molar-refractivity contribution in [3.8, 4) is 0 Å². The quantitative estimate of drug-likeness (QED) is 0.722. The van der Waals surface area contributed by atoms with E-state index in [1.165, 1.54) is 25.7 Å². The van der Waals surface area contributed by atoms with Crippen LogP contribution < -0.4 is 5.32 Å². The lowest BCUT2D eigenvalue weighted by Crippen LogP contribution is -2.34. The molecule has 0 bridgehead atoms. The van der Waals surface area contributed by atoms with Gasteiger partial charge in [-0.2, -0.15) is 0 Å². The molecule has 1 heterocycles. The molecule has 3 heteroatoms. The van der Waals surface area contributed by atoms with Gasteiger partial charge in [-0.1, -0.05) is 47.0 Å². The number of rotatable bonds is 8. The topological polar surface area (TPSA) is 32.3 Å². The molecular weight excluding hydrogens is 224 g/mol. The molecule has 1 aliphatic heterocycles. The fourth-order valence-electron chi connectivity index (χ4n) is 2.65. The molecule has 3 nitrogen and oxygen atoms in total. The minimum absolute atomic E-state index is 0.0636. The Morgan fingerprint density at radius 3 is 2.67 bits per heavy atom. The number of nitrogens with one attached hydrogen (secondary N) is 1. The van der Waals surface area contributed by atoms with Gasteiger partial charge in [0.05, 0.1) is 12.7 Å². The van der Waals surface area contributed by atoms with Crippen LogP contribution in [0.3, 0.4) is 0 Å². The lowest BCUT2D eigenvalue weighted by Gasteiger charge is -2.22. The summed E-state index contributed by atoms with van der Waals surface area (Å²) in [6.45, 7) is 10.5. The van der Waals surface area contributed by atoms with E-state index >= 15 is 0 Å². The number of unbranched alkanes of at least 4 members (excludes halogenated alkanes) is 1. The summed E-state index contributed by atoms with van der Waals surface area (Å²) in [7, 11) is 0. The highest BCUT2D eigenvalue weighted by Crippen LogP contribution is 2.18. The van der Waals surface area contributed by atoms with E-state index in [1.54, 1.807) is 0 Å². The molecule has 0 saturated carbocycles. The summed E-state index contributed by atoms with van der Waals surface area (Å²) >= 11 is 0. The summed E-state index contributed by atoms with van der Waals surface area (Å²) in [5.74, 6) is 1.57. The van der Waals surface area contributed by atoms with Crippen LogP contribution in [0.15, 0.2) is 0 Å². The summed E-state index contributed by atoms with van der Waals surface area (Å²) in [6.07, 6.45) is 5.92. The number of hydrogen-bond donors (Lipinski definition) is 1. The van der Waals surface area contributed by atoms with Crippen molar-refractivity contribution in [3.63, 3.8) is 0 Å². The van der Waals surface area contributed by atoms with Crippen LogP contribution in [0.5, 0.6) is 0 Å². The van der Waals surface area contributed by atoms with Gasteiger partial charge in [-0.25, -0.2) is 0 Å². The summed E-state index contributed by atoms with van der Waals surface area (Å²) in [4.78, 5) is 14.3. The van der Waals surface area contributed by atoms with Crippen LogP contribution in [0.1, 0.15) is 59.8 Å². The monoisotopic (exact) mass is 254 g/mol. The van der Waals surface area contributed by atoms with Gasteiger partial charge < -0.3 is 4.90 Å². The molecule has 106 valence electrons. The third kappa shape index (κ3) is 4.60. The molecule has 1 saturated heterocycles. The Balaban J connectivity index is 2.41. The highest BCUT2D eigenvalue weighted by atomic mass is 16.2. The van der Waals surface area contributed by atoms with E-state index in [-0.39, 0.29) is 6.04 Å². The van der Waals surface area contributed by atoms with Gasteiger partial charge in [0.25, 0.3) is 0 Å². The third-order valence-corrected chi connectivity index (χ3v) is 3.87. The van der Waals surface area contributed by atoms with Crippen LogP contribution in [0, 0.1) is 11.8 Å². The van der Waals surface area contributed by atoms with Crippen LogP contribution >= 0.6 is 0 Å². The number of hydrogen-bond acceptors (Lipinski definition) is 2. The standard InChI is InChI=1S/C15H30N2O/c1-5-7-8-13(6-2)10-17-11-16-14(15(17)18)9-12(3)4/h12-14,16H,5-11H2,1-4H3. The second-order valence-electron chi connectivity index (χ2n) is 6.02. The van der Waals surface area contributed by atoms with Crippen molar-refractivity contribution in [2.45, 2.75) is 65.8 Å². The lowest BCUT2D eigenvalue weighted by atomic mass is 9.98. The van der Waals surface area contributed by atoms with E-state index in [9.17, 15) is 4.79 Å². The average molecular weight is 254 g/mol. The SMILES string of the molecule is CCCCC(CC)CN1CNC(CC(C)C)C1=O. The molecule has 0 aromatic heterocycles. The van der Waals surface area contributed by atoms with Crippen molar-refractivity contribution in [2.24, 2.45) is 11.8 Å². The van der Waals surface area contributed by atoms with Crippen molar-refractivity contribution < 1.29 is 4.79 Å². The van der Waals surface area contributed by atoms with Crippen molar-refractivity contribution in [2.75, 3.05) is 13.2 Å². The first-order chi connectivity index (χ1) is 8.58. The number of amides is 1. The van der Waals surface area contributed by atoms with Gasteiger partial charge in [0.1, 0.15) is 0 Å². The van der Waals surface area contributed by atoms with E-state index in [0.29, 0.717) is 17.7 Å². The van der Waals surface area contributed by atoms with E-state index in [4.69, 9.17) is 0 Å². The van der Waals surface area contributed by atoms with E-state index in [0.717, 1.165) is 19.6 Å². The van der Waals surface area contributed by atoms with Crippen molar-refractivity contribution in [1.82, 2.24) is 10.2 Å². The molecule has 0 aromatic rings. The molecule has 2 atom stereocenters. The number of carbonyl (C=O) groups excluding carboxylic acids is 1. The molecule has 1 rings (SSSR count). The Hall–Kier alpha value is -0.570. The van der Waals surface area contributed by atoms with Crippen molar-refractivity contribution in [1.29, 1.82) is 0 Å². The molecule has 2 unspecified atom stereocenters. The third-order valence-electron chi connectivity index (χ3n) is 3.87. The maximum absolute atomic E-state index is 12.2. The van der Waals surface area contributed by atoms with Gasteiger partial charge in [0, 0.05) is 6.54 Å². The van der Waals surface area contributed by atoms with Gasteiger partial charge >= 0.3 is 0 Å². The van der Waals surface area contributed by atoms with E-state index in [1.807, 2.05) is 4.90 Å². The van der Waals surface area contributed by atoms with Crippen LogP contribution in [0.4, 0.5) is 0 Å². The molecule has 0 spiro atoms. The van der Waals surface area contributed by atoms with Crippen molar-refractivity contribution >= 4 is 5.91 Å². The average Bonchev–Trinajstić information content (AvgIpc) is 2.66. The molecule has 18 heavy (non-hydrogen) atoms. The van der Waals surface area contributed by atoms with Gasteiger partial charge in [-0.15, -0.1) is 0 Å². The number of carbonyl (C=O) groups is 1. The Morgan fingerprint density at radius 2 is 2.11 bits per heavy atom. The zero-order valence-corrected chi connectivity index (χ0v) is 12.5. The highest BCUT2D eigenvalue weighted by Gasteiger charge is 2.32. The Morgan fingerprint density at radius 1 is 1.39 bits per heavy atom. The van der Waals surface area contributed by atoms with Gasteiger partial charge in [-0.3, -0.25) is 10.1 Å². The fourth-order valence-corrected chi connectivity index (χ4v) is 2.65. The molecule has 0 aliphatic carbocycles. The summed E-state index contributed by atoms with van der Waals surface area (Å²) < 4.78 is 0. The molecule has 1 fully saturated rings. The second-order valence-corrected chi connectivity index (χ2v) is 6.02. The maximum atomic E-state index is 12.2. The predicted molar refractivity (Wildman–Crippen MR) is 76.3 cm³/mol. The van der Waals surface area contributed by atoms with Gasteiger partial charge in [-0.05, 0) is 24.7 Å². The maximum Gasteiger partial charge on any atom is 0.240 e. The van der Waals surface area contributed by atoms with Crippen LogP contribution in [-0.4, -0.2) is 30.1 Å². The largest absolute Gasteiger partial charge is 0.328 e. The molecule has 1 amide bonds. The van der Waals surface area contributed by atoms with Gasteiger partial charge in [0.15, 0.2) is 0 Å². The fraction of sp³-hybridized carbons (Fsp3) is 0.933. The zero-order valence-electron chi connectivity index (χ0n) is 12.5. The summed E-state index contributed by atoms with van der Waals surface area (Å²) in [6, 6.07) is 0.0636. The van der Waals surface area contributed by atoms with Gasteiger partial charge in [0.2, 0.25) is 5.91 Å². The predicted octanol–water partition coefficient (Wildman–Crippen LogP) is 3.01. The first-order valence-corrected chi connectivity index (χ1v) is 7.60. The molecule has 1 aliphatic rings. The number of nitrogens with zero attached hydrogens (tertiary/aromatic N) is 1. The molecule has 0 aromatic carbocycles. The van der Waals surface area contributed by atoms with Crippen molar-refractivity contribution in [3.05, 3.63) is 0 Å². The molecular formula is C15H30N2O. The summed E-state index contributed by atoms with van der Waals surface area (Å²) in [5.41, 5.74) is 0. The van der Waals surface area contributed by atoms with E-state index in [2.05, 4.69) is 33.0 Å². The minimum Gasteiger partial charge on any atom is -0.328 e. The normalized spacial score (nSPS) is 21.9. The van der Waals surface area contributed by atoms with Crippen LogP contribution in [0.2, 0.25) is 0 Å². The zero-order chi connectivity index (χ0) is 13.5. The van der Waals surface area contributed by atoms with Crippen LogP contribution in [-0.2, 0) is 4.79 Å². The second kappa shape index (κ2) is 7.78. The molecule has 1 N–H and O–H groups in total. The minimum atomic E-state index is 0.0636. The lowest BCUT2D eigenvalue weighted by molar-refractivity contribution is -0.129. The first-order valence-electron chi connectivity index (χ1n) is 7.60. The van der Waals surface area contributed by atoms with E-state index < -0.39 is 0 Å². The smallest absolute Gasteiger partial charge is 0.240 e.